The van der Waals surface area contributed by atoms with Gasteiger partial charge in [0.05, 0.1) is 10.7 Å². The number of anilines is 1. The average Bonchev–Trinajstić information content (AvgIpc) is 2.52. The Balaban J connectivity index is 1.68. The predicted molar refractivity (Wildman–Crippen MR) is 96.4 cm³/mol. The van der Waals surface area contributed by atoms with Gasteiger partial charge in [0.1, 0.15) is 0 Å². The van der Waals surface area contributed by atoms with Crippen molar-refractivity contribution in [1.82, 2.24) is 15.1 Å². The molecule has 1 aliphatic rings. The zero-order chi connectivity index (χ0) is 16.8. The fourth-order valence-electron chi connectivity index (χ4n) is 2.90. The van der Waals surface area contributed by atoms with Crippen LogP contribution in [0.1, 0.15) is 18.4 Å². The van der Waals surface area contributed by atoms with E-state index in [9.17, 15) is 4.79 Å². The number of nitrogens with one attached hydrogen (secondary N) is 2. The molecule has 0 aromatic heterocycles. The summed E-state index contributed by atoms with van der Waals surface area (Å²) >= 11 is 6.18. The summed E-state index contributed by atoms with van der Waals surface area (Å²) in [5, 5.41) is 6.29. The molecule has 23 heavy (non-hydrogen) atoms. The molecule has 0 atom stereocenters. The molecule has 2 rings (SSSR count). The first-order valence-electron chi connectivity index (χ1n) is 8.16. The molecule has 2 N–H and O–H groups in total. The SMILES string of the molecule is Cc1cccc(NC(=O)NCCN2CCC(N(C)C)CC2)c1Cl. The van der Waals surface area contributed by atoms with Gasteiger partial charge >= 0.3 is 6.03 Å². The zero-order valence-electron chi connectivity index (χ0n) is 14.2. The molecule has 2 amide bonds. The highest BCUT2D eigenvalue weighted by molar-refractivity contribution is 6.34. The minimum Gasteiger partial charge on any atom is -0.337 e. The number of likely N-dealkylation sites (tertiary alicyclic amines) is 1. The molecule has 0 bridgehead atoms. The van der Waals surface area contributed by atoms with E-state index >= 15 is 0 Å². The second kappa shape index (κ2) is 8.52. The molecule has 0 aliphatic carbocycles. The van der Waals surface area contributed by atoms with Crippen LogP contribution in [0.5, 0.6) is 0 Å². The first kappa shape index (κ1) is 18.0. The molecule has 6 heteroatoms. The lowest BCUT2D eigenvalue weighted by Crippen LogP contribution is -2.44. The number of carbonyl (C=O) groups is 1. The molecule has 1 heterocycles. The summed E-state index contributed by atoms with van der Waals surface area (Å²) in [7, 11) is 4.28. The van der Waals surface area contributed by atoms with E-state index in [1.807, 2.05) is 19.1 Å². The van der Waals surface area contributed by atoms with Gasteiger partial charge in [-0.1, -0.05) is 23.7 Å². The van der Waals surface area contributed by atoms with Crippen LogP contribution in [0.25, 0.3) is 0 Å². The summed E-state index contributed by atoms with van der Waals surface area (Å²) in [4.78, 5) is 16.7. The third kappa shape index (κ3) is 5.37. The fourth-order valence-corrected chi connectivity index (χ4v) is 3.07. The summed E-state index contributed by atoms with van der Waals surface area (Å²) in [6.07, 6.45) is 2.39. The summed E-state index contributed by atoms with van der Waals surface area (Å²) < 4.78 is 0. The third-order valence-corrected chi connectivity index (χ3v) is 4.94. The van der Waals surface area contributed by atoms with Gasteiger partial charge in [0, 0.05) is 19.1 Å². The van der Waals surface area contributed by atoms with E-state index < -0.39 is 0 Å². The molecule has 1 aromatic carbocycles. The topological polar surface area (TPSA) is 47.6 Å². The van der Waals surface area contributed by atoms with Crippen molar-refractivity contribution in [3.05, 3.63) is 28.8 Å². The Morgan fingerprint density at radius 3 is 2.70 bits per heavy atom. The van der Waals surface area contributed by atoms with Crippen LogP contribution in [-0.2, 0) is 0 Å². The Morgan fingerprint density at radius 2 is 2.04 bits per heavy atom. The van der Waals surface area contributed by atoms with E-state index in [4.69, 9.17) is 11.6 Å². The number of benzene rings is 1. The van der Waals surface area contributed by atoms with Crippen molar-refractivity contribution in [2.45, 2.75) is 25.8 Å². The number of hydrogen-bond donors (Lipinski definition) is 2. The van der Waals surface area contributed by atoms with Crippen LogP contribution in [-0.4, -0.2) is 62.1 Å². The smallest absolute Gasteiger partial charge is 0.319 e. The van der Waals surface area contributed by atoms with Gasteiger partial charge in [-0.15, -0.1) is 0 Å². The number of urea groups is 1. The number of carbonyl (C=O) groups excluding carboxylic acids is 1. The van der Waals surface area contributed by atoms with E-state index in [0.29, 0.717) is 23.3 Å². The van der Waals surface area contributed by atoms with E-state index in [1.54, 1.807) is 6.07 Å². The third-order valence-electron chi connectivity index (χ3n) is 4.44. The lowest BCUT2D eigenvalue weighted by Gasteiger charge is -2.35. The van der Waals surface area contributed by atoms with E-state index in [0.717, 1.165) is 25.2 Å². The predicted octanol–water partition coefficient (Wildman–Crippen LogP) is 2.80. The second-order valence-corrected chi connectivity index (χ2v) is 6.73. The molecule has 0 unspecified atom stereocenters. The lowest BCUT2D eigenvalue weighted by atomic mass is 10.0. The monoisotopic (exact) mass is 338 g/mol. The Morgan fingerprint density at radius 1 is 1.35 bits per heavy atom. The maximum atomic E-state index is 12.0. The van der Waals surface area contributed by atoms with E-state index in [1.165, 1.54) is 12.8 Å². The zero-order valence-corrected chi connectivity index (χ0v) is 15.0. The van der Waals surface area contributed by atoms with E-state index in [-0.39, 0.29) is 6.03 Å². The van der Waals surface area contributed by atoms with Crippen molar-refractivity contribution < 1.29 is 4.79 Å². The number of piperidine rings is 1. The summed E-state index contributed by atoms with van der Waals surface area (Å²) in [6, 6.07) is 6.08. The molecular formula is C17H27ClN4O. The molecule has 1 aliphatic heterocycles. The van der Waals surface area contributed by atoms with Gasteiger partial charge < -0.3 is 20.4 Å². The highest BCUT2D eigenvalue weighted by atomic mass is 35.5. The molecule has 0 saturated carbocycles. The first-order valence-corrected chi connectivity index (χ1v) is 8.54. The van der Waals surface area contributed by atoms with Gasteiger partial charge in [-0.2, -0.15) is 0 Å². The Labute approximate surface area is 144 Å². The van der Waals surface area contributed by atoms with Crippen LogP contribution in [0.4, 0.5) is 10.5 Å². The van der Waals surface area contributed by atoms with Gasteiger partial charge in [0.2, 0.25) is 0 Å². The lowest BCUT2D eigenvalue weighted by molar-refractivity contribution is 0.146. The highest BCUT2D eigenvalue weighted by Crippen LogP contribution is 2.24. The van der Waals surface area contributed by atoms with Crippen molar-refractivity contribution in [3.63, 3.8) is 0 Å². The molecule has 0 spiro atoms. The Hall–Kier alpha value is -1.30. The highest BCUT2D eigenvalue weighted by Gasteiger charge is 2.20. The molecule has 128 valence electrons. The van der Waals surface area contributed by atoms with Crippen LogP contribution in [0.3, 0.4) is 0 Å². The number of hydrogen-bond acceptors (Lipinski definition) is 3. The van der Waals surface area contributed by atoms with Crippen LogP contribution in [0, 0.1) is 6.92 Å². The van der Waals surface area contributed by atoms with Crippen LogP contribution in [0.15, 0.2) is 18.2 Å². The van der Waals surface area contributed by atoms with Crippen molar-refractivity contribution in [2.75, 3.05) is 45.6 Å². The fraction of sp³-hybridized carbons (Fsp3) is 0.588. The maximum Gasteiger partial charge on any atom is 0.319 e. The van der Waals surface area contributed by atoms with Gasteiger partial charge in [0.25, 0.3) is 0 Å². The second-order valence-electron chi connectivity index (χ2n) is 6.35. The minimum absolute atomic E-state index is 0.208. The molecule has 1 fully saturated rings. The van der Waals surface area contributed by atoms with Gasteiger partial charge in [0.15, 0.2) is 0 Å². The van der Waals surface area contributed by atoms with Crippen molar-refractivity contribution >= 4 is 23.3 Å². The van der Waals surface area contributed by atoms with Crippen LogP contribution >= 0.6 is 11.6 Å². The summed E-state index contributed by atoms with van der Waals surface area (Å²) in [5.74, 6) is 0. The molecule has 1 aromatic rings. The van der Waals surface area contributed by atoms with Crippen LogP contribution in [0.2, 0.25) is 5.02 Å². The Kier molecular flexibility index (Phi) is 6.69. The normalized spacial score (nSPS) is 16.6. The van der Waals surface area contributed by atoms with Gasteiger partial charge in [-0.05, 0) is 58.6 Å². The Bertz CT molecular complexity index is 527. The number of aryl methyl sites for hydroxylation is 1. The number of halogens is 1. The quantitative estimate of drug-likeness (QED) is 0.868. The molecule has 1 saturated heterocycles. The van der Waals surface area contributed by atoms with E-state index in [2.05, 4.69) is 34.5 Å². The first-order chi connectivity index (χ1) is 11.0. The van der Waals surface area contributed by atoms with Crippen molar-refractivity contribution in [1.29, 1.82) is 0 Å². The largest absolute Gasteiger partial charge is 0.337 e. The molecular weight excluding hydrogens is 312 g/mol. The number of nitrogens with zero attached hydrogens (tertiary/aromatic N) is 2. The van der Waals surface area contributed by atoms with Crippen molar-refractivity contribution in [3.8, 4) is 0 Å². The van der Waals surface area contributed by atoms with Gasteiger partial charge in [-0.25, -0.2) is 4.79 Å². The summed E-state index contributed by atoms with van der Waals surface area (Å²) in [5.41, 5.74) is 1.60. The number of amides is 2. The molecule has 0 radical (unpaired) electrons. The van der Waals surface area contributed by atoms with Gasteiger partial charge in [-0.3, -0.25) is 0 Å². The van der Waals surface area contributed by atoms with Crippen molar-refractivity contribution in [2.24, 2.45) is 0 Å². The maximum absolute atomic E-state index is 12.0. The standard InChI is InChI=1S/C17H27ClN4O/c1-13-5-4-6-15(16(13)18)20-17(23)19-9-12-22-10-7-14(8-11-22)21(2)3/h4-6,14H,7-12H2,1-3H3,(H2,19,20,23). The average molecular weight is 339 g/mol. The number of rotatable bonds is 5. The summed E-state index contributed by atoms with van der Waals surface area (Å²) in [6.45, 7) is 5.63. The minimum atomic E-state index is -0.208. The van der Waals surface area contributed by atoms with Crippen LogP contribution < -0.4 is 10.6 Å². The molecule has 5 nitrogen and oxygen atoms in total.